The second kappa shape index (κ2) is 5.50. The van der Waals surface area contributed by atoms with Crippen molar-refractivity contribution in [3.05, 3.63) is 0 Å². The topological polar surface area (TPSA) is 15.3 Å². The van der Waals surface area contributed by atoms with Crippen LogP contribution in [0.5, 0.6) is 0 Å². The van der Waals surface area contributed by atoms with Crippen LogP contribution in [0, 0.1) is 17.8 Å². The fourth-order valence-electron chi connectivity index (χ4n) is 4.31. The standard InChI is InChI=1S/C16H32N2/c1-12-9-13(2)14(15(10-12)17-5)11-18-8-6-7-16(18,3)4/h12-15,17H,6-11H2,1-5H3. The lowest BCUT2D eigenvalue weighted by molar-refractivity contribution is 0.0747. The summed E-state index contributed by atoms with van der Waals surface area (Å²) in [4.78, 5) is 2.74. The fourth-order valence-corrected chi connectivity index (χ4v) is 4.31. The van der Waals surface area contributed by atoms with Crippen molar-refractivity contribution in [3.8, 4) is 0 Å². The highest BCUT2D eigenvalue weighted by Crippen LogP contribution is 2.37. The SMILES string of the molecule is CNC1CC(C)CC(C)C1CN1CCCC1(C)C. The molecule has 0 aromatic rings. The molecule has 18 heavy (non-hydrogen) atoms. The van der Waals surface area contributed by atoms with Crippen LogP contribution in [0.4, 0.5) is 0 Å². The highest BCUT2D eigenvalue weighted by Gasteiger charge is 2.38. The molecule has 4 unspecified atom stereocenters. The van der Waals surface area contributed by atoms with E-state index in [1.54, 1.807) is 0 Å². The lowest BCUT2D eigenvalue weighted by atomic mass is 9.72. The molecule has 0 spiro atoms. The average Bonchev–Trinajstić information content (AvgIpc) is 2.61. The molecule has 1 N–H and O–H groups in total. The van der Waals surface area contributed by atoms with Gasteiger partial charge in [0.1, 0.15) is 0 Å². The van der Waals surface area contributed by atoms with Crippen molar-refractivity contribution in [2.75, 3.05) is 20.1 Å². The van der Waals surface area contributed by atoms with Gasteiger partial charge in [-0.25, -0.2) is 0 Å². The molecule has 0 aromatic heterocycles. The third-order valence-corrected chi connectivity index (χ3v) is 5.55. The van der Waals surface area contributed by atoms with E-state index in [1.165, 1.54) is 38.8 Å². The molecule has 106 valence electrons. The molecule has 0 bridgehead atoms. The van der Waals surface area contributed by atoms with Gasteiger partial charge in [-0.15, -0.1) is 0 Å². The summed E-state index contributed by atoms with van der Waals surface area (Å²) in [6.45, 7) is 12.3. The highest BCUT2D eigenvalue weighted by atomic mass is 15.2. The van der Waals surface area contributed by atoms with E-state index in [2.05, 4.69) is 45.0 Å². The van der Waals surface area contributed by atoms with Gasteiger partial charge in [0, 0.05) is 18.1 Å². The summed E-state index contributed by atoms with van der Waals surface area (Å²) >= 11 is 0. The second-order valence-corrected chi connectivity index (χ2v) is 7.47. The molecule has 1 saturated carbocycles. The number of nitrogens with zero attached hydrogens (tertiary/aromatic N) is 1. The molecule has 2 aliphatic rings. The number of likely N-dealkylation sites (tertiary alicyclic amines) is 1. The average molecular weight is 252 g/mol. The Hall–Kier alpha value is -0.0800. The van der Waals surface area contributed by atoms with Gasteiger partial charge < -0.3 is 5.32 Å². The van der Waals surface area contributed by atoms with Crippen molar-refractivity contribution in [3.63, 3.8) is 0 Å². The molecule has 0 amide bonds. The number of hydrogen-bond acceptors (Lipinski definition) is 2. The van der Waals surface area contributed by atoms with Gasteiger partial charge in [0.2, 0.25) is 0 Å². The van der Waals surface area contributed by atoms with E-state index in [0.717, 1.165) is 23.8 Å². The molecule has 2 nitrogen and oxygen atoms in total. The van der Waals surface area contributed by atoms with Crippen molar-refractivity contribution in [1.29, 1.82) is 0 Å². The van der Waals surface area contributed by atoms with E-state index < -0.39 is 0 Å². The van der Waals surface area contributed by atoms with Crippen molar-refractivity contribution in [1.82, 2.24) is 10.2 Å². The molecule has 1 aliphatic carbocycles. The van der Waals surface area contributed by atoms with Gasteiger partial charge in [-0.05, 0) is 70.9 Å². The first kappa shape index (κ1) is 14.3. The molecule has 0 radical (unpaired) electrons. The smallest absolute Gasteiger partial charge is 0.0153 e. The Labute approximate surface area is 114 Å². The number of nitrogens with one attached hydrogen (secondary N) is 1. The summed E-state index contributed by atoms with van der Waals surface area (Å²) in [7, 11) is 2.15. The molecular formula is C16H32N2. The summed E-state index contributed by atoms with van der Waals surface area (Å²) in [6.07, 6.45) is 5.53. The minimum atomic E-state index is 0.432. The van der Waals surface area contributed by atoms with Crippen molar-refractivity contribution in [2.45, 2.75) is 65.0 Å². The maximum atomic E-state index is 3.59. The summed E-state index contributed by atoms with van der Waals surface area (Å²) in [5.41, 5.74) is 0.432. The van der Waals surface area contributed by atoms with Gasteiger partial charge in [0.05, 0.1) is 0 Å². The van der Waals surface area contributed by atoms with E-state index >= 15 is 0 Å². The largest absolute Gasteiger partial charge is 0.317 e. The van der Waals surface area contributed by atoms with Crippen LogP contribution >= 0.6 is 0 Å². The first-order valence-corrected chi connectivity index (χ1v) is 7.86. The van der Waals surface area contributed by atoms with Crippen LogP contribution in [0.2, 0.25) is 0 Å². The quantitative estimate of drug-likeness (QED) is 0.830. The van der Waals surface area contributed by atoms with Crippen LogP contribution in [0.15, 0.2) is 0 Å². The van der Waals surface area contributed by atoms with Gasteiger partial charge in [0.15, 0.2) is 0 Å². The molecule has 2 fully saturated rings. The normalized spacial score (nSPS) is 41.2. The van der Waals surface area contributed by atoms with Gasteiger partial charge in [-0.2, -0.15) is 0 Å². The Morgan fingerprint density at radius 2 is 1.94 bits per heavy atom. The molecule has 1 aliphatic heterocycles. The zero-order valence-electron chi connectivity index (χ0n) is 13.0. The minimum absolute atomic E-state index is 0.432. The lowest BCUT2D eigenvalue weighted by Gasteiger charge is -2.44. The van der Waals surface area contributed by atoms with E-state index in [4.69, 9.17) is 0 Å². The predicted molar refractivity (Wildman–Crippen MR) is 78.8 cm³/mol. The van der Waals surface area contributed by atoms with Crippen LogP contribution in [0.3, 0.4) is 0 Å². The zero-order valence-corrected chi connectivity index (χ0v) is 13.0. The second-order valence-electron chi connectivity index (χ2n) is 7.47. The van der Waals surface area contributed by atoms with Crippen LogP contribution in [0.25, 0.3) is 0 Å². The summed E-state index contributed by atoms with van der Waals surface area (Å²) in [5, 5.41) is 3.59. The van der Waals surface area contributed by atoms with Crippen molar-refractivity contribution >= 4 is 0 Å². The van der Waals surface area contributed by atoms with Crippen LogP contribution in [-0.2, 0) is 0 Å². The Kier molecular flexibility index (Phi) is 4.38. The molecule has 2 heteroatoms. The highest BCUT2D eigenvalue weighted by molar-refractivity contribution is 4.94. The van der Waals surface area contributed by atoms with E-state index in [1.807, 2.05) is 0 Å². The minimum Gasteiger partial charge on any atom is -0.317 e. The van der Waals surface area contributed by atoms with Crippen LogP contribution in [0.1, 0.15) is 53.4 Å². The maximum absolute atomic E-state index is 3.59. The first-order chi connectivity index (χ1) is 8.44. The van der Waals surface area contributed by atoms with Gasteiger partial charge in [0.25, 0.3) is 0 Å². The Morgan fingerprint density at radius 1 is 1.22 bits per heavy atom. The van der Waals surface area contributed by atoms with Gasteiger partial charge >= 0.3 is 0 Å². The summed E-state index contributed by atoms with van der Waals surface area (Å²) in [6, 6.07) is 0.722. The third kappa shape index (κ3) is 2.91. The first-order valence-electron chi connectivity index (χ1n) is 7.86. The fraction of sp³-hybridized carbons (Fsp3) is 1.00. The maximum Gasteiger partial charge on any atom is 0.0153 e. The number of rotatable bonds is 3. The molecule has 2 rings (SSSR count). The molecule has 1 saturated heterocycles. The molecular weight excluding hydrogens is 220 g/mol. The monoisotopic (exact) mass is 252 g/mol. The Balaban J connectivity index is 2.02. The van der Waals surface area contributed by atoms with E-state index in [0.29, 0.717) is 5.54 Å². The third-order valence-electron chi connectivity index (χ3n) is 5.55. The zero-order chi connectivity index (χ0) is 13.3. The number of hydrogen-bond donors (Lipinski definition) is 1. The molecule has 0 aromatic carbocycles. The van der Waals surface area contributed by atoms with Gasteiger partial charge in [-0.3, -0.25) is 4.90 Å². The van der Waals surface area contributed by atoms with E-state index in [9.17, 15) is 0 Å². The Morgan fingerprint density at radius 3 is 2.50 bits per heavy atom. The Bertz CT molecular complexity index is 274. The van der Waals surface area contributed by atoms with Crippen LogP contribution < -0.4 is 5.32 Å². The van der Waals surface area contributed by atoms with E-state index in [-0.39, 0.29) is 0 Å². The summed E-state index contributed by atoms with van der Waals surface area (Å²) in [5.74, 6) is 2.59. The lowest BCUT2D eigenvalue weighted by Crippen LogP contribution is -2.50. The summed E-state index contributed by atoms with van der Waals surface area (Å²) < 4.78 is 0. The predicted octanol–water partition coefficient (Wildman–Crippen LogP) is 3.13. The van der Waals surface area contributed by atoms with Crippen molar-refractivity contribution in [2.24, 2.45) is 17.8 Å². The molecule has 1 heterocycles. The van der Waals surface area contributed by atoms with Crippen molar-refractivity contribution < 1.29 is 0 Å². The van der Waals surface area contributed by atoms with Gasteiger partial charge in [-0.1, -0.05) is 13.8 Å². The molecule has 4 atom stereocenters. The van der Waals surface area contributed by atoms with Crippen LogP contribution in [-0.4, -0.2) is 36.6 Å².